The maximum absolute atomic E-state index is 12.7. The van der Waals surface area contributed by atoms with Crippen molar-refractivity contribution in [2.75, 3.05) is 0 Å². The molecule has 0 aliphatic carbocycles. The molecule has 0 saturated carbocycles. The molecule has 0 fully saturated rings. The molecular weight excluding hydrogens is 348 g/mol. The molecule has 0 spiro atoms. The summed E-state index contributed by atoms with van der Waals surface area (Å²) in [4.78, 5) is 28.9. The van der Waals surface area contributed by atoms with Crippen LogP contribution in [-0.2, 0) is 17.8 Å². The molecule has 132 valence electrons. The number of alkyl carbamates (subject to hydrolysis) is 1. The van der Waals surface area contributed by atoms with Gasteiger partial charge in [-0.05, 0) is 11.1 Å². The van der Waals surface area contributed by atoms with Crippen molar-refractivity contribution < 1.29 is 14.3 Å². The molecule has 1 atom stereocenters. The molecular formula is C20H18N2O3S. The number of Topliss-reactive ketones (excluding diaryl/α,β-unsaturated/α-hetero) is 1. The summed E-state index contributed by atoms with van der Waals surface area (Å²) in [7, 11) is 0. The van der Waals surface area contributed by atoms with Gasteiger partial charge in [-0.3, -0.25) is 4.79 Å². The van der Waals surface area contributed by atoms with Gasteiger partial charge < -0.3 is 10.1 Å². The third kappa shape index (κ3) is 5.00. The lowest BCUT2D eigenvalue weighted by Crippen LogP contribution is -2.42. The predicted octanol–water partition coefficient (Wildman–Crippen LogP) is 3.86. The largest absolute Gasteiger partial charge is 0.445 e. The zero-order chi connectivity index (χ0) is 18.2. The van der Waals surface area contributed by atoms with E-state index < -0.39 is 12.1 Å². The summed E-state index contributed by atoms with van der Waals surface area (Å²) in [6.45, 7) is 0.149. The maximum atomic E-state index is 12.7. The van der Waals surface area contributed by atoms with E-state index in [0.717, 1.165) is 11.1 Å². The fourth-order valence-electron chi connectivity index (χ4n) is 2.46. The first-order valence-corrected chi connectivity index (χ1v) is 9.05. The Labute approximate surface area is 155 Å². The number of carbonyl (C=O) groups is 2. The zero-order valence-electron chi connectivity index (χ0n) is 14.0. The Morgan fingerprint density at radius 3 is 2.27 bits per heavy atom. The van der Waals surface area contributed by atoms with Crippen LogP contribution in [0.25, 0.3) is 0 Å². The number of rotatable bonds is 7. The van der Waals surface area contributed by atoms with Crippen LogP contribution in [0.4, 0.5) is 4.79 Å². The summed E-state index contributed by atoms with van der Waals surface area (Å²) in [5.41, 5.74) is 1.83. The van der Waals surface area contributed by atoms with Crippen molar-refractivity contribution in [1.82, 2.24) is 10.3 Å². The molecule has 1 heterocycles. The van der Waals surface area contributed by atoms with Crippen molar-refractivity contribution >= 4 is 23.2 Å². The van der Waals surface area contributed by atoms with Gasteiger partial charge in [0.15, 0.2) is 5.01 Å². The van der Waals surface area contributed by atoms with Crippen LogP contribution in [0.2, 0.25) is 0 Å². The molecule has 0 bridgehead atoms. The predicted molar refractivity (Wildman–Crippen MR) is 100 cm³/mol. The normalized spacial score (nSPS) is 11.5. The van der Waals surface area contributed by atoms with Gasteiger partial charge in [-0.2, -0.15) is 0 Å². The van der Waals surface area contributed by atoms with Gasteiger partial charge in [-0.15, -0.1) is 11.3 Å². The topological polar surface area (TPSA) is 68.3 Å². The lowest BCUT2D eigenvalue weighted by molar-refractivity contribution is 0.0916. The minimum atomic E-state index is -0.730. The van der Waals surface area contributed by atoms with E-state index in [-0.39, 0.29) is 12.4 Å². The molecule has 0 aliphatic heterocycles. The van der Waals surface area contributed by atoms with Crippen molar-refractivity contribution in [3.63, 3.8) is 0 Å². The van der Waals surface area contributed by atoms with E-state index in [0.29, 0.717) is 11.4 Å². The molecule has 1 amide bonds. The number of ketones is 1. The first-order valence-electron chi connectivity index (χ1n) is 8.17. The minimum absolute atomic E-state index is 0.149. The summed E-state index contributed by atoms with van der Waals surface area (Å²) in [6, 6.07) is 18.2. The highest BCUT2D eigenvalue weighted by atomic mass is 32.1. The van der Waals surface area contributed by atoms with Gasteiger partial charge in [0.25, 0.3) is 0 Å². The highest BCUT2D eigenvalue weighted by Gasteiger charge is 2.25. The molecule has 3 aromatic rings. The molecule has 26 heavy (non-hydrogen) atoms. The SMILES string of the molecule is O=C(N[C@H](Cc1ccccc1)C(=O)c1nccs1)OCc1ccccc1. The molecule has 6 heteroatoms. The molecule has 0 radical (unpaired) electrons. The van der Waals surface area contributed by atoms with E-state index in [1.807, 2.05) is 60.7 Å². The summed E-state index contributed by atoms with van der Waals surface area (Å²) in [6.07, 6.45) is 1.32. The van der Waals surface area contributed by atoms with Crippen LogP contribution in [0.3, 0.4) is 0 Å². The zero-order valence-corrected chi connectivity index (χ0v) is 14.8. The van der Waals surface area contributed by atoms with Crippen LogP contribution < -0.4 is 5.32 Å². The number of thiazole rings is 1. The fourth-order valence-corrected chi connectivity index (χ4v) is 3.09. The van der Waals surface area contributed by atoms with Gasteiger partial charge in [-0.1, -0.05) is 60.7 Å². The molecule has 0 saturated heterocycles. The van der Waals surface area contributed by atoms with Crippen LogP contribution in [0, 0.1) is 0 Å². The second-order valence-corrected chi connectivity index (χ2v) is 6.54. The maximum Gasteiger partial charge on any atom is 0.408 e. The summed E-state index contributed by atoms with van der Waals surface area (Å²) >= 11 is 1.25. The highest BCUT2D eigenvalue weighted by Crippen LogP contribution is 2.12. The summed E-state index contributed by atoms with van der Waals surface area (Å²) < 4.78 is 5.24. The van der Waals surface area contributed by atoms with Crippen LogP contribution in [-0.4, -0.2) is 22.9 Å². The Balaban J connectivity index is 1.66. The van der Waals surface area contributed by atoms with Gasteiger partial charge in [-0.25, -0.2) is 9.78 Å². The minimum Gasteiger partial charge on any atom is -0.445 e. The quantitative estimate of drug-likeness (QED) is 0.645. The molecule has 1 aromatic heterocycles. The number of hydrogen-bond acceptors (Lipinski definition) is 5. The van der Waals surface area contributed by atoms with Gasteiger partial charge in [0.05, 0.1) is 0 Å². The standard InChI is InChI=1S/C20H18N2O3S/c23-18(19-21-11-12-26-19)17(13-15-7-3-1-4-8-15)22-20(24)25-14-16-9-5-2-6-10-16/h1-12,17H,13-14H2,(H,22,24)/t17-/m1/s1. The van der Waals surface area contributed by atoms with Crippen molar-refractivity contribution in [1.29, 1.82) is 0 Å². The lowest BCUT2D eigenvalue weighted by atomic mass is 10.0. The van der Waals surface area contributed by atoms with Gasteiger partial charge in [0.1, 0.15) is 12.6 Å². The number of aromatic nitrogens is 1. The molecule has 3 rings (SSSR count). The Kier molecular flexibility index (Phi) is 6.11. The van der Waals surface area contributed by atoms with Crippen LogP contribution in [0.5, 0.6) is 0 Å². The smallest absolute Gasteiger partial charge is 0.408 e. The van der Waals surface area contributed by atoms with E-state index in [1.165, 1.54) is 11.3 Å². The number of nitrogens with one attached hydrogen (secondary N) is 1. The van der Waals surface area contributed by atoms with Crippen molar-refractivity contribution in [3.05, 3.63) is 88.4 Å². The average Bonchev–Trinajstić information content (AvgIpc) is 3.22. The Morgan fingerprint density at radius 1 is 1.00 bits per heavy atom. The molecule has 2 aromatic carbocycles. The number of amides is 1. The number of carbonyl (C=O) groups excluding carboxylic acids is 2. The number of ether oxygens (including phenoxy) is 1. The first kappa shape index (κ1) is 17.8. The number of nitrogens with zero attached hydrogens (tertiary/aromatic N) is 1. The van der Waals surface area contributed by atoms with Gasteiger partial charge in [0, 0.05) is 18.0 Å². The fraction of sp³-hybridized carbons (Fsp3) is 0.150. The van der Waals surface area contributed by atoms with Gasteiger partial charge >= 0.3 is 6.09 Å². The Bertz CT molecular complexity index is 836. The second kappa shape index (κ2) is 8.92. The summed E-state index contributed by atoms with van der Waals surface area (Å²) in [5.74, 6) is -0.222. The lowest BCUT2D eigenvalue weighted by Gasteiger charge is -2.17. The van der Waals surface area contributed by atoms with E-state index in [9.17, 15) is 9.59 Å². The third-order valence-corrected chi connectivity index (χ3v) is 4.53. The average molecular weight is 366 g/mol. The monoisotopic (exact) mass is 366 g/mol. The van der Waals surface area contributed by atoms with Crippen LogP contribution in [0.15, 0.2) is 72.2 Å². The molecule has 1 N–H and O–H groups in total. The number of hydrogen-bond donors (Lipinski definition) is 1. The molecule has 0 unspecified atom stereocenters. The van der Waals surface area contributed by atoms with E-state index in [4.69, 9.17) is 4.74 Å². The van der Waals surface area contributed by atoms with E-state index in [2.05, 4.69) is 10.3 Å². The molecule has 0 aliphatic rings. The second-order valence-electron chi connectivity index (χ2n) is 5.65. The number of benzene rings is 2. The van der Waals surface area contributed by atoms with Crippen molar-refractivity contribution in [2.45, 2.75) is 19.1 Å². The summed E-state index contributed by atoms with van der Waals surface area (Å²) in [5, 5.41) is 4.79. The van der Waals surface area contributed by atoms with Crippen LogP contribution >= 0.6 is 11.3 Å². The molecule has 5 nitrogen and oxygen atoms in total. The Morgan fingerprint density at radius 2 is 1.65 bits per heavy atom. The van der Waals surface area contributed by atoms with Crippen LogP contribution in [0.1, 0.15) is 20.9 Å². The van der Waals surface area contributed by atoms with E-state index in [1.54, 1.807) is 11.6 Å². The van der Waals surface area contributed by atoms with Crippen molar-refractivity contribution in [3.8, 4) is 0 Å². The third-order valence-electron chi connectivity index (χ3n) is 3.75. The van der Waals surface area contributed by atoms with Crippen molar-refractivity contribution in [2.24, 2.45) is 0 Å². The highest BCUT2D eigenvalue weighted by molar-refractivity contribution is 7.11. The van der Waals surface area contributed by atoms with E-state index >= 15 is 0 Å². The Hall–Kier alpha value is -2.99. The van der Waals surface area contributed by atoms with Gasteiger partial charge in [0.2, 0.25) is 5.78 Å². The first-order chi connectivity index (χ1) is 12.7.